The molecule has 3 aromatic rings. The molecule has 1 atom stereocenters. The second kappa shape index (κ2) is 7.69. The fourth-order valence-electron chi connectivity index (χ4n) is 3.71. The summed E-state index contributed by atoms with van der Waals surface area (Å²) in [5, 5.41) is 7.39. The molecule has 1 saturated heterocycles. The number of hydrogen-bond donors (Lipinski definition) is 2. The number of amides is 2. The minimum absolute atomic E-state index is 0.0310. The van der Waals surface area contributed by atoms with Crippen LogP contribution in [-0.4, -0.2) is 63.3 Å². The van der Waals surface area contributed by atoms with Gasteiger partial charge in [-0.2, -0.15) is 19.6 Å². The lowest BCUT2D eigenvalue weighted by molar-refractivity contribution is 0.199. The first-order valence-electron chi connectivity index (χ1n) is 9.82. The largest absolute Gasteiger partial charge is 0.497 e. The zero-order valence-electron chi connectivity index (χ0n) is 17.6. The molecule has 1 aromatic carbocycles. The van der Waals surface area contributed by atoms with Gasteiger partial charge in [-0.25, -0.2) is 4.79 Å². The molecule has 10 heteroatoms. The third-order valence-corrected chi connectivity index (χ3v) is 5.39. The van der Waals surface area contributed by atoms with Crippen LogP contribution in [0.15, 0.2) is 24.4 Å². The van der Waals surface area contributed by atoms with E-state index in [-0.39, 0.29) is 18.0 Å². The van der Waals surface area contributed by atoms with E-state index in [0.717, 1.165) is 22.6 Å². The number of benzene rings is 1. The first-order valence-corrected chi connectivity index (χ1v) is 9.82. The van der Waals surface area contributed by atoms with Gasteiger partial charge in [0.15, 0.2) is 5.65 Å². The van der Waals surface area contributed by atoms with Crippen molar-refractivity contribution in [2.75, 3.05) is 42.7 Å². The van der Waals surface area contributed by atoms with Crippen LogP contribution in [0.4, 0.5) is 22.4 Å². The molecular weight excluding hydrogens is 384 g/mol. The van der Waals surface area contributed by atoms with Gasteiger partial charge in [0.05, 0.1) is 13.3 Å². The van der Waals surface area contributed by atoms with Gasteiger partial charge in [-0.15, -0.1) is 0 Å². The Balaban J connectivity index is 1.49. The van der Waals surface area contributed by atoms with Crippen molar-refractivity contribution in [3.8, 4) is 5.75 Å². The lowest BCUT2D eigenvalue weighted by atomic mass is 10.2. The van der Waals surface area contributed by atoms with E-state index in [0.29, 0.717) is 31.2 Å². The number of hydrogen-bond acceptors (Lipinski definition) is 7. The Morgan fingerprint density at radius 1 is 1.23 bits per heavy atom. The van der Waals surface area contributed by atoms with Gasteiger partial charge in [-0.1, -0.05) is 0 Å². The molecule has 3 heterocycles. The van der Waals surface area contributed by atoms with E-state index >= 15 is 0 Å². The molecular formula is C20H26N8O2. The predicted octanol–water partition coefficient (Wildman–Crippen LogP) is 2.07. The summed E-state index contributed by atoms with van der Waals surface area (Å²) in [5.74, 6) is 1.62. The summed E-state index contributed by atoms with van der Waals surface area (Å²) in [7, 11) is 1.62. The van der Waals surface area contributed by atoms with E-state index in [2.05, 4.69) is 32.2 Å². The van der Waals surface area contributed by atoms with Crippen LogP contribution in [-0.2, 0) is 0 Å². The Labute approximate surface area is 174 Å². The van der Waals surface area contributed by atoms with Crippen LogP contribution in [0.3, 0.4) is 0 Å². The van der Waals surface area contributed by atoms with Crippen molar-refractivity contribution < 1.29 is 9.53 Å². The zero-order chi connectivity index (χ0) is 21.4. The highest BCUT2D eigenvalue weighted by atomic mass is 16.5. The molecule has 1 aliphatic rings. The van der Waals surface area contributed by atoms with Gasteiger partial charge < -0.3 is 25.6 Å². The summed E-state index contributed by atoms with van der Waals surface area (Å²) >= 11 is 0. The lowest BCUT2D eigenvalue weighted by Gasteiger charge is -2.40. The topological polar surface area (TPSA) is 114 Å². The summed E-state index contributed by atoms with van der Waals surface area (Å²) < 4.78 is 6.93. The zero-order valence-corrected chi connectivity index (χ0v) is 17.6. The van der Waals surface area contributed by atoms with Gasteiger partial charge in [0, 0.05) is 36.9 Å². The number of carbonyl (C=O) groups excluding carboxylic acids is 1. The molecule has 2 aromatic heterocycles. The van der Waals surface area contributed by atoms with Crippen LogP contribution in [0.25, 0.3) is 5.65 Å². The first kappa shape index (κ1) is 19.7. The highest BCUT2D eigenvalue weighted by Gasteiger charge is 2.30. The number of aromatic nitrogens is 4. The van der Waals surface area contributed by atoms with Crippen LogP contribution >= 0.6 is 0 Å². The quantitative estimate of drug-likeness (QED) is 0.679. The molecule has 0 bridgehead atoms. The van der Waals surface area contributed by atoms with Crippen molar-refractivity contribution in [1.82, 2.24) is 24.5 Å². The van der Waals surface area contributed by atoms with Crippen molar-refractivity contribution >= 4 is 29.3 Å². The third-order valence-electron chi connectivity index (χ3n) is 5.39. The normalized spacial score (nSPS) is 16.7. The molecule has 0 unspecified atom stereocenters. The summed E-state index contributed by atoms with van der Waals surface area (Å²) in [5.41, 5.74) is 9.28. The van der Waals surface area contributed by atoms with Gasteiger partial charge in [0.2, 0.25) is 11.9 Å². The number of nitrogens with two attached hydrogens (primary N) is 1. The number of aryl methyl sites for hydroxylation is 2. The van der Waals surface area contributed by atoms with E-state index in [1.807, 2.05) is 32.0 Å². The maximum Gasteiger partial charge on any atom is 0.321 e. The Morgan fingerprint density at radius 3 is 2.73 bits per heavy atom. The monoisotopic (exact) mass is 410 g/mol. The molecule has 0 spiro atoms. The van der Waals surface area contributed by atoms with E-state index in [1.54, 1.807) is 22.7 Å². The fraction of sp³-hybridized carbons (Fsp3) is 0.400. The van der Waals surface area contributed by atoms with Crippen molar-refractivity contribution in [3.05, 3.63) is 35.5 Å². The average molecular weight is 410 g/mol. The van der Waals surface area contributed by atoms with E-state index in [1.165, 1.54) is 0 Å². The fourth-order valence-corrected chi connectivity index (χ4v) is 3.71. The number of ether oxygens (including phenoxy) is 1. The molecule has 30 heavy (non-hydrogen) atoms. The highest BCUT2D eigenvalue weighted by Crippen LogP contribution is 2.24. The van der Waals surface area contributed by atoms with Crippen LogP contribution in [0.5, 0.6) is 5.75 Å². The molecule has 1 fully saturated rings. The van der Waals surface area contributed by atoms with E-state index in [4.69, 9.17) is 10.5 Å². The number of fused-ring (bicyclic) bond motifs is 1. The smallest absolute Gasteiger partial charge is 0.321 e. The van der Waals surface area contributed by atoms with Gasteiger partial charge in [-0.05, 0) is 44.5 Å². The second-order valence-electron chi connectivity index (χ2n) is 7.54. The number of nitrogens with zero attached hydrogens (tertiary/aromatic N) is 6. The number of methoxy groups -OCH3 is 1. The third kappa shape index (κ3) is 3.56. The number of nitrogen functional groups attached to an aromatic ring is 1. The standard InChI is InChI=1S/C20H26N8O2/c1-12-9-15(30-4)5-6-16(12)23-20(29)26-7-8-27(14(3)11-26)19-25-18(21)24-17-13(2)10-22-28(17)19/h5-6,9-10,14H,7-8,11H2,1-4H3,(H2,21,24)(H,23,29)/t14-/m0/s1. The maximum absolute atomic E-state index is 12.8. The summed E-state index contributed by atoms with van der Waals surface area (Å²) in [6.45, 7) is 7.64. The summed E-state index contributed by atoms with van der Waals surface area (Å²) in [4.78, 5) is 25.5. The number of carbonyl (C=O) groups is 1. The van der Waals surface area contributed by atoms with Crippen molar-refractivity contribution in [2.24, 2.45) is 0 Å². The first-order chi connectivity index (χ1) is 14.4. The molecule has 0 saturated carbocycles. The number of piperazine rings is 1. The number of anilines is 3. The van der Waals surface area contributed by atoms with Crippen LogP contribution in [0.2, 0.25) is 0 Å². The number of nitrogens with one attached hydrogen (secondary N) is 1. The molecule has 0 radical (unpaired) electrons. The molecule has 0 aliphatic carbocycles. The van der Waals surface area contributed by atoms with Gasteiger partial charge in [-0.3, -0.25) is 0 Å². The molecule has 2 amide bonds. The Bertz CT molecular complexity index is 1100. The lowest BCUT2D eigenvalue weighted by Crippen LogP contribution is -2.55. The van der Waals surface area contributed by atoms with Crippen molar-refractivity contribution in [1.29, 1.82) is 0 Å². The van der Waals surface area contributed by atoms with Gasteiger partial charge in [0.25, 0.3) is 0 Å². The van der Waals surface area contributed by atoms with Crippen LogP contribution in [0.1, 0.15) is 18.1 Å². The van der Waals surface area contributed by atoms with Gasteiger partial charge in [0.1, 0.15) is 5.75 Å². The Morgan fingerprint density at radius 2 is 2.03 bits per heavy atom. The Kier molecular flexibility index (Phi) is 5.06. The minimum atomic E-state index is -0.128. The average Bonchev–Trinajstić information content (AvgIpc) is 3.09. The number of rotatable bonds is 3. The van der Waals surface area contributed by atoms with E-state index in [9.17, 15) is 4.79 Å². The number of urea groups is 1. The molecule has 10 nitrogen and oxygen atoms in total. The van der Waals surface area contributed by atoms with Crippen molar-refractivity contribution in [2.45, 2.75) is 26.8 Å². The van der Waals surface area contributed by atoms with Crippen LogP contribution < -0.4 is 20.7 Å². The van der Waals surface area contributed by atoms with Gasteiger partial charge >= 0.3 is 6.03 Å². The summed E-state index contributed by atoms with van der Waals surface area (Å²) in [6, 6.07) is 5.49. The molecule has 3 N–H and O–H groups in total. The molecule has 1 aliphatic heterocycles. The summed E-state index contributed by atoms with van der Waals surface area (Å²) in [6.07, 6.45) is 1.75. The minimum Gasteiger partial charge on any atom is -0.497 e. The van der Waals surface area contributed by atoms with E-state index < -0.39 is 0 Å². The molecule has 158 valence electrons. The highest BCUT2D eigenvalue weighted by molar-refractivity contribution is 5.90. The SMILES string of the molecule is COc1ccc(NC(=O)N2CCN(c3nc(N)nc4c(C)cnn34)[C@@H](C)C2)c(C)c1. The Hall–Kier alpha value is -3.56. The predicted molar refractivity (Wildman–Crippen MR) is 115 cm³/mol. The van der Waals surface area contributed by atoms with Crippen molar-refractivity contribution in [3.63, 3.8) is 0 Å². The molecule has 4 rings (SSSR count). The second-order valence-corrected chi connectivity index (χ2v) is 7.54. The maximum atomic E-state index is 12.8. The van der Waals surface area contributed by atoms with Crippen LogP contribution in [0, 0.1) is 13.8 Å².